The zero-order chi connectivity index (χ0) is 19.7. The third-order valence-corrected chi connectivity index (χ3v) is 4.61. The van der Waals surface area contributed by atoms with Gasteiger partial charge < -0.3 is 20.1 Å². The van der Waals surface area contributed by atoms with Crippen molar-refractivity contribution in [2.24, 2.45) is 5.92 Å². The molecule has 1 aliphatic rings. The van der Waals surface area contributed by atoms with Gasteiger partial charge in [-0.25, -0.2) is 9.59 Å². The number of carbonyl (C=O) groups excluding carboxylic acids is 2. The highest BCUT2D eigenvalue weighted by Gasteiger charge is 2.28. The second-order valence-corrected chi connectivity index (χ2v) is 8.07. The summed E-state index contributed by atoms with van der Waals surface area (Å²) in [5.41, 5.74) is 0.458. The molecule has 1 fully saturated rings. The number of hydrogen-bond donors (Lipinski definition) is 2. The Labute approximate surface area is 162 Å². The lowest BCUT2D eigenvalue weighted by Crippen LogP contribution is -2.45. The summed E-state index contributed by atoms with van der Waals surface area (Å²) in [7, 11) is 0. The number of alkyl carbamates (subject to hydrolysis) is 2. The minimum absolute atomic E-state index is 0.0933. The van der Waals surface area contributed by atoms with Gasteiger partial charge in [0.1, 0.15) is 12.2 Å². The van der Waals surface area contributed by atoms with Gasteiger partial charge in [0.15, 0.2) is 0 Å². The highest BCUT2D eigenvalue weighted by Crippen LogP contribution is 2.27. The predicted molar refractivity (Wildman–Crippen MR) is 104 cm³/mol. The first-order valence-corrected chi connectivity index (χ1v) is 9.77. The van der Waals surface area contributed by atoms with Crippen LogP contribution in [0.25, 0.3) is 0 Å². The zero-order valence-corrected chi connectivity index (χ0v) is 16.6. The zero-order valence-electron chi connectivity index (χ0n) is 16.6. The Kier molecular flexibility index (Phi) is 7.95. The number of amides is 2. The maximum absolute atomic E-state index is 12.1. The molecule has 6 heteroatoms. The van der Waals surface area contributed by atoms with Crippen molar-refractivity contribution in [1.82, 2.24) is 10.6 Å². The molecule has 0 radical (unpaired) electrons. The fourth-order valence-corrected chi connectivity index (χ4v) is 3.34. The molecule has 0 heterocycles. The molecular formula is C21H32N2O4. The Hall–Kier alpha value is -2.24. The molecule has 2 atom stereocenters. The first-order valence-electron chi connectivity index (χ1n) is 9.77. The van der Waals surface area contributed by atoms with Crippen molar-refractivity contribution < 1.29 is 19.1 Å². The van der Waals surface area contributed by atoms with E-state index in [0.29, 0.717) is 12.5 Å². The van der Waals surface area contributed by atoms with Crippen LogP contribution in [0.4, 0.5) is 9.59 Å². The first-order chi connectivity index (χ1) is 12.8. The van der Waals surface area contributed by atoms with Crippen molar-refractivity contribution in [2.45, 2.75) is 71.1 Å². The Morgan fingerprint density at radius 3 is 2.48 bits per heavy atom. The van der Waals surface area contributed by atoms with Gasteiger partial charge in [0.05, 0.1) is 0 Å². The van der Waals surface area contributed by atoms with Crippen LogP contribution in [0, 0.1) is 5.92 Å². The smallest absolute Gasteiger partial charge is 0.407 e. The normalized spacial score (nSPS) is 19.8. The molecule has 0 bridgehead atoms. The van der Waals surface area contributed by atoms with Crippen LogP contribution in [0.3, 0.4) is 0 Å². The number of hydrogen-bond acceptors (Lipinski definition) is 4. The molecule has 1 aliphatic carbocycles. The predicted octanol–water partition coefficient (Wildman–Crippen LogP) is 4.39. The monoisotopic (exact) mass is 376 g/mol. The van der Waals surface area contributed by atoms with Crippen LogP contribution in [0.5, 0.6) is 0 Å². The topological polar surface area (TPSA) is 76.7 Å². The fraction of sp³-hybridized carbons (Fsp3) is 0.619. The van der Waals surface area contributed by atoms with Crippen molar-refractivity contribution in [3.05, 3.63) is 35.9 Å². The van der Waals surface area contributed by atoms with Gasteiger partial charge in [0.25, 0.3) is 0 Å². The lowest BCUT2D eigenvalue weighted by Gasteiger charge is -2.33. The SMILES string of the molecule is CC(C)(C)OC(=O)NC1CCCCC1CCNC(=O)OCc1ccccc1. The third-order valence-electron chi connectivity index (χ3n) is 4.61. The van der Waals surface area contributed by atoms with Crippen LogP contribution in [-0.4, -0.2) is 30.4 Å². The average molecular weight is 376 g/mol. The second kappa shape index (κ2) is 10.2. The Morgan fingerprint density at radius 2 is 1.78 bits per heavy atom. The molecule has 0 aromatic heterocycles. The van der Waals surface area contributed by atoms with Gasteiger partial charge >= 0.3 is 12.2 Å². The molecule has 150 valence electrons. The maximum Gasteiger partial charge on any atom is 0.407 e. The van der Waals surface area contributed by atoms with E-state index in [1.54, 1.807) is 0 Å². The molecule has 1 aromatic rings. The molecule has 0 saturated heterocycles. The van der Waals surface area contributed by atoms with Crippen molar-refractivity contribution in [3.63, 3.8) is 0 Å². The third kappa shape index (κ3) is 8.33. The fourth-order valence-electron chi connectivity index (χ4n) is 3.34. The summed E-state index contributed by atoms with van der Waals surface area (Å²) in [6.07, 6.45) is 4.27. The van der Waals surface area contributed by atoms with Crippen LogP contribution >= 0.6 is 0 Å². The standard InChI is InChI=1S/C21H32N2O4/c1-21(2,3)27-20(25)23-18-12-8-7-11-17(18)13-14-22-19(24)26-15-16-9-5-4-6-10-16/h4-6,9-10,17-18H,7-8,11-15H2,1-3H3,(H,22,24)(H,23,25). The molecule has 2 amide bonds. The molecule has 6 nitrogen and oxygen atoms in total. The van der Waals surface area contributed by atoms with Crippen molar-refractivity contribution in [2.75, 3.05) is 6.54 Å². The van der Waals surface area contributed by atoms with Gasteiger partial charge in [-0.2, -0.15) is 0 Å². The van der Waals surface area contributed by atoms with E-state index in [4.69, 9.17) is 9.47 Å². The van der Waals surface area contributed by atoms with Gasteiger partial charge in [-0.05, 0) is 51.5 Å². The molecule has 2 N–H and O–H groups in total. The van der Waals surface area contributed by atoms with Crippen LogP contribution in [0.2, 0.25) is 0 Å². The van der Waals surface area contributed by atoms with Crippen LogP contribution in [0.1, 0.15) is 58.4 Å². The Bertz CT molecular complexity index is 598. The van der Waals surface area contributed by atoms with Crippen LogP contribution < -0.4 is 10.6 Å². The van der Waals surface area contributed by atoms with E-state index in [0.717, 1.165) is 37.7 Å². The van der Waals surface area contributed by atoms with Crippen molar-refractivity contribution >= 4 is 12.2 Å². The summed E-state index contributed by atoms with van der Waals surface area (Å²) in [5.74, 6) is 0.334. The Morgan fingerprint density at radius 1 is 1.07 bits per heavy atom. The summed E-state index contributed by atoms with van der Waals surface area (Å²) < 4.78 is 10.6. The molecule has 2 unspecified atom stereocenters. The van der Waals surface area contributed by atoms with Crippen LogP contribution in [-0.2, 0) is 16.1 Å². The van der Waals surface area contributed by atoms with E-state index >= 15 is 0 Å². The molecular weight excluding hydrogens is 344 g/mol. The van der Waals surface area contributed by atoms with E-state index in [2.05, 4.69) is 10.6 Å². The van der Waals surface area contributed by atoms with Gasteiger partial charge in [0.2, 0.25) is 0 Å². The average Bonchev–Trinajstić information content (AvgIpc) is 2.61. The number of rotatable bonds is 6. The van der Waals surface area contributed by atoms with Gasteiger partial charge in [-0.1, -0.05) is 43.2 Å². The number of ether oxygens (including phenoxy) is 2. The highest BCUT2D eigenvalue weighted by atomic mass is 16.6. The molecule has 0 spiro atoms. The lowest BCUT2D eigenvalue weighted by molar-refractivity contribution is 0.0465. The van der Waals surface area contributed by atoms with E-state index in [1.807, 2.05) is 51.1 Å². The van der Waals surface area contributed by atoms with E-state index in [9.17, 15) is 9.59 Å². The minimum Gasteiger partial charge on any atom is -0.445 e. The van der Waals surface area contributed by atoms with Crippen molar-refractivity contribution in [1.29, 1.82) is 0 Å². The quantitative estimate of drug-likeness (QED) is 0.772. The Balaban J connectivity index is 1.70. The summed E-state index contributed by atoms with van der Waals surface area (Å²) in [6.45, 7) is 6.37. The second-order valence-electron chi connectivity index (χ2n) is 8.07. The van der Waals surface area contributed by atoms with Gasteiger partial charge in [0, 0.05) is 12.6 Å². The number of carbonyl (C=O) groups is 2. The molecule has 1 saturated carbocycles. The molecule has 0 aliphatic heterocycles. The molecule has 2 rings (SSSR count). The van der Waals surface area contributed by atoms with Gasteiger partial charge in [-0.3, -0.25) is 0 Å². The van der Waals surface area contributed by atoms with Crippen molar-refractivity contribution in [3.8, 4) is 0 Å². The number of nitrogens with one attached hydrogen (secondary N) is 2. The van der Waals surface area contributed by atoms with Gasteiger partial charge in [-0.15, -0.1) is 0 Å². The summed E-state index contributed by atoms with van der Waals surface area (Å²) in [5, 5.41) is 5.81. The highest BCUT2D eigenvalue weighted by molar-refractivity contribution is 5.68. The molecule has 27 heavy (non-hydrogen) atoms. The number of benzene rings is 1. The summed E-state index contributed by atoms with van der Waals surface area (Å²) in [4.78, 5) is 23.9. The summed E-state index contributed by atoms with van der Waals surface area (Å²) in [6, 6.07) is 9.69. The first kappa shape index (κ1) is 21.1. The van der Waals surface area contributed by atoms with E-state index in [1.165, 1.54) is 0 Å². The maximum atomic E-state index is 12.1. The molecule has 1 aromatic carbocycles. The van der Waals surface area contributed by atoms with E-state index in [-0.39, 0.29) is 18.7 Å². The largest absolute Gasteiger partial charge is 0.445 e. The van der Waals surface area contributed by atoms with E-state index < -0.39 is 11.7 Å². The summed E-state index contributed by atoms with van der Waals surface area (Å²) >= 11 is 0. The van der Waals surface area contributed by atoms with Crippen LogP contribution in [0.15, 0.2) is 30.3 Å². The minimum atomic E-state index is -0.502. The lowest BCUT2D eigenvalue weighted by atomic mass is 9.82.